The van der Waals surface area contributed by atoms with Gasteiger partial charge in [-0.05, 0) is 116 Å². The molecule has 44 heavy (non-hydrogen) atoms. The molecule has 0 atom stereocenters. The first-order valence-corrected chi connectivity index (χ1v) is 15.7. The van der Waals surface area contributed by atoms with E-state index in [4.69, 9.17) is 9.97 Å². The summed E-state index contributed by atoms with van der Waals surface area (Å²) >= 11 is 0. The van der Waals surface area contributed by atoms with Gasteiger partial charge in [0, 0.05) is 34.2 Å². The molecule has 0 spiro atoms. The van der Waals surface area contributed by atoms with Gasteiger partial charge in [0.25, 0.3) is 0 Å². The van der Waals surface area contributed by atoms with E-state index in [2.05, 4.69) is 95.3 Å². The minimum atomic E-state index is 0. The number of aromatic amines is 1. The predicted octanol–water partition coefficient (Wildman–Crippen LogP) is 0.313. The summed E-state index contributed by atoms with van der Waals surface area (Å²) in [5.41, 5.74) is 19.4. The zero-order valence-electron chi connectivity index (χ0n) is 27.4. The Labute approximate surface area is 293 Å². The van der Waals surface area contributed by atoms with Crippen molar-refractivity contribution in [1.82, 2.24) is 19.5 Å². The smallest absolute Gasteiger partial charge is 1.00 e. The summed E-state index contributed by atoms with van der Waals surface area (Å²) in [4.78, 5) is 14.3. The molecule has 4 nitrogen and oxygen atoms in total. The second-order valence-corrected chi connectivity index (χ2v) is 10.8. The van der Waals surface area contributed by atoms with Gasteiger partial charge in [-0.3, -0.25) is 0 Å². The van der Waals surface area contributed by atoms with Crippen LogP contribution in [0.1, 0.15) is 118 Å². The van der Waals surface area contributed by atoms with E-state index in [-0.39, 0.29) is 54.3 Å². The van der Waals surface area contributed by atoms with Crippen LogP contribution in [0.4, 0.5) is 0 Å². The summed E-state index contributed by atoms with van der Waals surface area (Å²) in [5, 5.41) is 0. The Hall–Kier alpha value is -2.01. The summed E-state index contributed by atoms with van der Waals surface area (Å²) in [7, 11) is 0. The van der Waals surface area contributed by atoms with Crippen LogP contribution in [0.2, 0.25) is 0 Å². The van der Waals surface area contributed by atoms with Gasteiger partial charge >= 0.3 is 17.1 Å². The summed E-state index contributed by atoms with van der Waals surface area (Å²) < 4.78 is 2.57. The average Bonchev–Trinajstić information content (AvgIpc) is 3.73. The maximum absolute atomic E-state index is 5.22. The summed E-state index contributed by atoms with van der Waals surface area (Å²) in [6.45, 7) is 19.3. The molecule has 1 N–H and O–H groups in total. The predicted molar refractivity (Wildman–Crippen MR) is 174 cm³/mol. The Morgan fingerprint density at radius 1 is 0.568 bits per heavy atom. The molecular formula is C36H46Cl3MnN4. The van der Waals surface area contributed by atoms with Gasteiger partial charge in [-0.1, -0.05) is 48.5 Å². The van der Waals surface area contributed by atoms with E-state index in [0.717, 1.165) is 74.3 Å². The molecule has 0 aromatic carbocycles. The molecule has 0 unspecified atom stereocenters. The van der Waals surface area contributed by atoms with Crippen LogP contribution in [0.3, 0.4) is 0 Å². The molecule has 8 bridgehead atoms. The molecule has 2 aliphatic heterocycles. The normalized spacial score (nSPS) is 11.7. The number of halogens is 3. The first-order chi connectivity index (χ1) is 19.5. The molecule has 0 saturated carbocycles. The average molecular weight is 696 g/mol. The van der Waals surface area contributed by atoms with Gasteiger partial charge in [0.15, 0.2) is 0 Å². The molecule has 0 radical (unpaired) electrons. The van der Waals surface area contributed by atoms with E-state index in [9.17, 15) is 0 Å². The third kappa shape index (κ3) is 6.74. The number of aryl methyl sites for hydroxylation is 7. The number of fused-ring (bicyclic) bond motifs is 8. The van der Waals surface area contributed by atoms with Crippen molar-refractivity contribution >= 4 is 45.9 Å². The van der Waals surface area contributed by atoms with Gasteiger partial charge in [0.1, 0.15) is 0 Å². The molecule has 5 heterocycles. The van der Waals surface area contributed by atoms with Gasteiger partial charge in [-0.2, -0.15) is 0 Å². The van der Waals surface area contributed by atoms with E-state index >= 15 is 0 Å². The van der Waals surface area contributed by atoms with Crippen LogP contribution in [0.15, 0.2) is 12.1 Å². The molecule has 238 valence electrons. The number of nitrogens with one attached hydrogen (secondary N) is 1. The van der Waals surface area contributed by atoms with Gasteiger partial charge in [-0.15, -0.1) is 0 Å². The minimum absolute atomic E-state index is 0. The number of H-pyrrole nitrogens is 1. The summed E-state index contributed by atoms with van der Waals surface area (Å²) in [6.07, 6.45) is 13.5. The number of rotatable bonds is 8. The van der Waals surface area contributed by atoms with E-state index in [0.29, 0.717) is 0 Å². The first kappa shape index (κ1) is 40.0. The molecule has 3 aromatic rings. The van der Waals surface area contributed by atoms with E-state index < -0.39 is 0 Å². The second kappa shape index (κ2) is 17.1. The van der Waals surface area contributed by atoms with Gasteiger partial charge in [-0.25, -0.2) is 9.97 Å². The third-order valence-electron chi connectivity index (χ3n) is 8.86. The maximum Gasteiger partial charge on any atom is 3.00 e. The molecule has 3 aromatic heterocycles. The quantitative estimate of drug-likeness (QED) is 0.270. The number of nitrogens with zero attached hydrogens (tertiary/aromatic N) is 3. The van der Waals surface area contributed by atoms with Crippen LogP contribution < -0.4 is 37.2 Å². The van der Waals surface area contributed by atoms with Crippen LogP contribution in [-0.4, -0.2) is 19.5 Å². The van der Waals surface area contributed by atoms with Crippen molar-refractivity contribution in [3.05, 3.63) is 68.3 Å². The molecule has 2 aliphatic rings. The van der Waals surface area contributed by atoms with Crippen molar-refractivity contribution in [3.8, 4) is 0 Å². The molecule has 0 fully saturated rings. The van der Waals surface area contributed by atoms with Gasteiger partial charge in [0.05, 0.1) is 22.8 Å². The third-order valence-corrected chi connectivity index (χ3v) is 8.86. The van der Waals surface area contributed by atoms with Crippen molar-refractivity contribution in [2.75, 3.05) is 0 Å². The standard InChI is InChI=1S/C36H46N4.3ClH.Mn/c1-9-22-19-25-20-23-17-18-24(37-23)21-32-26(10-2)29(13-5)36(40(32)16-8)31(15-7)35-28(12-4)27(11-3)34(39-35)30(14-6)33(22)38-25;;;;/h17-21,39H,9-16H2,1-8H3;3*1H;/q;;;;+3/p-3. The number of hydrogen-bond donors (Lipinski definition) is 1. The SMILES string of the molecule is CCC1=Cc2cc3nc(cc4c(CC)c(CC)c(c(CC)c5[nH]c(c(CC)c1n2)c(CC)c5CC)n4CC)C=C3.[Cl-].[Cl-].[Cl-].[Mn+3]. The van der Waals surface area contributed by atoms with E-state index in [1.54, 1.807) is 0 Å². The molecule has 0 saturated heterocycles. The number of aromatic nitrogens is 4. The van der Waals surface area contributed by atoms with Crippen LogP contribution in [0, 0.1) is 0 Å². The van der Waals surface area contributed by atoms with Gasteiger partial charge in [0.2, 0.25) is 0 Å². The fraction of sp³-hybridized carbons (Fsp3) is 0.444. The Morgan fingerprint density at radius 3 is 1.59 bits per heavy atom. The van der Waals surface area contributed by atoms with Crippen molar-refractivity contribution in [2.45, 2.75) is 107 Å². The maximum atomic E-state index is 5.22. The van der Waals surface area contributed by atoms with Gasteiger partial charge < -0.3 is 46.8 Å². The van der Waals surface area contributed by atoms with Crippen LogP contribution >= 0.6 is 0 Å². The Balaban J connectivity index is 0.00000242. The molecule has 0 amide bonds. The minimum Gasteiger partial charge on any atom is -1.00 e. The zero-order chi connectivity index (χ0) is 28.6. The fourth-order valence-electron chi connectivity index (χ4n) is 7.09. The van der Waals surface area contributed by atoms with Crippen LogP contribution in [0.25, 0.3) is 45.9 Å². The van der Waals surface area contributed by atoms with Crippen LogP contribution in [0.5, 0.6) is 0 Å². The van der Waals surface area contributed by atoms with Crippen molar-refractivity contribution in [1.29, 1.82) is 0 Å². The zero-order valence-corrected chi connectivity index (χ0v) is 30.8. The van der Waals surface area contributed by atoms with Crippen LogP contribution in [-0.2, 0) is 62.1 Å². The molecule has 0 aliphatic carbocycles. The van der Waals surface area contributed by atoms with Crippen molar-refractivity contribution in [2.24, 2.45) is 0 Å². The first-order valence-electron chi connectivity index (χ1n) is 15.7. The molecule has 8 heteroatoms. The monoisotopic (exact) mass is 694 g/mol. The van der Waals surface area contributed by atoms with E-state index in [1.165, 1.54) is 61.0 Å². The fourth-order valence-corrected chi connectivity index (χ4v) is 7.09. The summed E-state index contributed by atoms with van der Waals surface area (Å²) in [5.74, 6) is 0. The largest absolute Gasteiger partial charge is 3.00 e. The number of hydrogen-bond acceptors (Lipinski definition) is 2. The second-order valence-electron chi connectivity index (χ2n) is 10.8. The van der Waals surface area contributed by atoms with E-state index in [1.807, 2.05) is 0 Å². The molecular weight excluding hydrogens is 650 g/mol. The molecule has 5 rings (SSSR count). The Morgan fingerprint density at radius 2 is 1.09 bits per heavy atom. The summed E-state index contributed by atoms with van der Waals surface area (Å²) in [6, 6.07) is 4.45. The Kier molecular flexibility index (Phi) is 15.5. The van der Waals surface area contributed by atoms with Crippen molar-refractivity contribution in [3.63, 3.8) is 0 Å². The topological polar surface area (TPSA) is 46.5 Å². The van der Waals surface area contributed by atoms with Crippen molar-refractivity contribution < 1.29 is 54.3 Å². The number of allylic oxidation sites excluding steroid dienone is 1. The Bertz CT molecular complexity index is 1700.